The molecule has 0 fully saturated rings. The van der Waals surface area contributed by atoms with Crippen LogP contribution in [-0.4, -0.2) is 33.6 Å². The molecule has 112 valence electrons. The molecule has 0 atom stereocenters. The maximum atomic E-state index is 12.1. The monoisotopic (exact) mass is 324 g/mol. The van der Waals surface area contributed by atoms with Gasteiger partial charge >= 0.3 is 0 Å². The molecule has 1 heterocycles. The molecule has 5 nitrogen and oxygen atoms in total. The highest BCUT2D eigenvalue weighted by atomic mass is 35.5. The molecule has 7 heteroatoms. The summed E-state index contributed by atoms with van der Waals surface area (Å²) in [5.41, 5.74) is 0.423. The molecule has 0 aliphatic rings. The third-order valence-electron chi connectivity index (χ3n) is 3.05. The normalized spacial score (nSPS) is 10.6. The van der Waals surface area contributed by atoms with Gasteiger partial charge in [-0.2, -0.15) is 0 Å². The number of hydrogen-bond acceptors (Lipinski definition) is 3. The van der Waals surface area contributed by atoms with E-state index in [0.717, 1.165) is 13.0 Å². The molecule has 0 amide bonds. The van der Waals surface area contributed by atoms with Gasteiger partial charge in [0.1, 0.15) is 5.82 Å². The molecule has 1 aromatic carbocycles. The lowest BCUT2D eigenvalue weighted by Gasteiger charge is -2.23. The minimum atomic E-state index is -0.168. The molecule has 0 saturated carbocycles. The summed E-state index contributed by atoms with van der Waals surface area (Å²) in [4.78, 5) is 21.3. The molecule has 0 bridgehead atoms. The molecular weight excluding hydrogens is 308 g/mol. The number of aromatic amines is 1. The quantitative estimate of drug-likeness (QED) is 0.845. The van der Waals surface area contributed by atoms with Crippen LogP contribution in [0.25, 0.3) is 10.9 Å². The van der Waals surface area contributed by atoms with Gasteiger partial charge in [0.15, 0.2) is 5.11 Å². The van der Waals surface area contributed by atoms with Crippen LogP contribution in [0.15, 0.2) is 23.0 Å². The third-order valence-corrected chi connectivity index (χ3v) is 3.75. The Labute approximate surface area is 133 Å². The van der Waals surface area contributed by atoms with Gasteiger partial charge in [0, 0.05) is 18.6 Å². The predicted octanol–water partition coefficient (Wildman–Crippen LogP) is 2.29. The van der Waals surface area contributed by atoms with Gasteiger partial charge in [-0.25, -0.2) is 4.98 Å². The molecule has 0 aliphatic heterocycles. The summed E-state index contributed by atoms with van der Waals surface area (Å²) in [6.07, 6.45) is 0.950. The molecule has 0 aliphatic carbocycles. The molecule has 0 radical (unpaired) electrons. The first-order valence-corrected chi connectivity index (χ1v) is 7.49. The van der Waals surface area contributed by atoms with E-state index in [-0.39, 0.29) is 5.56 Å². The highest BCUT2D eigenvalue weighted by Gasteiger charge is 2.11. The lowest BCUT2D eigenvalue weighted by molar-refractivity contribution is 0.397. The van der Waals surface area contributed by atoms with E-state index in [0.29, 0.717) is 33.4 Å². The topological polar surface area (TPSA) is 61.0 Å². The Morgan fingerprint density at radius 2 is 2.29 bits per heavy atom. The van der Waals surface area contributed by atoms with Crippen molar-refractivity contribution < 1.29 is 0 Å². The number of hydrogen-bond donors (Lipinski definition) is 2. The second-order valence-electron chi connectivity index (χ2n) is 4.65. The molecule has 0 saturated heterocycles. The fourth-order valence-electron chi connectivity index (χ4n) is 2.10. The Morgan fingerprint density at radius 1 is 1.52 bits per heavy atom. The maximum Gasteiger partial charge on any atom is 0.258 e. The van der Waals surface area contributed by atoms with Crippen LogP contribution in [0.2, 0.25) is 5.02 Å². The number of nitrogens with one attached hydrogen (secondary N) is 2. The fraction of sp³-hybridized carbons (Fsp3) is 0.357. The molecule has 2 aromatic rings. The van der Waals surface area contributed by atoms with Gasteiger partial charge in [-0.3, -0.25) is 4.79 Å². The zero-order valence-corrected chi connectivity index (χ0v) is 13.5. The number of halogens is 1. The van der Waals surface area contributed by atoms with Crippen molar-refractivity contribution in [3.05, 3.63) is 39.4 Å². The zero-order chi connectivity index (χ0) is 15.4. The fourth-order valence-corrected chi connectivity index (χ4v) is 2.42. The predicted molar refractivity (Wildman–Crippen MR) is 89.7 cm³/mol. The zero-order valence-electron chi connectivity index (χ0n) is 11.9. The van der Waals surface area contributed by atoms with Gasteiger partial charge in [-0.05, 0) is 36.8 Å². The van der Waals surface area contributed by atoms with E-state index in [9.17, 15) is 4.79 Å². The first kappa shape index (κ1) is 15.7. The van der Waals surface area contributed by atoms with Gasteiger partial charge < -0.3 is 15.2 Å². The lowest BCUT2D eigenvalue weighted by atomic mass is 10.2. The van der Waals surface area contributed by atoms with Crippen LogP contribution in [0, 0.1) is 0 Å². The summed E-state index contributed by atoms with van der Waals surface area (Å²) in [5, 5.41) is 4.66. The molecular formula is C14H17ClN4OS. The second kappa shape index (κ2) is 6.87. The van der Waals surface area contributed by atoms with Crippen LogP contribution in [0.1, 0.15) is 19.2 Å². The number of thiocarbonyl (C=S) groups is 1. The van der Waals surface area contributed by atoms with Crippen molar-refractivity contribution in [2.45, 2.75) is 19.9 Å². The van der Waals surface area contributed by atoms with Crippen molar-refractivity contribution in [3.63, 3.8) is 0 Å². The summed E-state index contributed by atoms with van der Waals surface area (Å²) in [6.45, 7) is 3.31. The van der Waals surface area contributed by atoms with Crippen LogP contribution >= 0.6 is 23.8 Å². The summed E-state index contributed by atoms with van der Waals surface area (Å²) in [5.74, 6) is 0.570. The lowest BCUT2D eigenvalue weighted by Crippen LogP contribution is -2.38. The average molecular weight is 325 g/mol. The summed E-state index contributed by atoms with van der Waals surface area (Å²) < 4.78 is 0. The van der Waals surface area contributed by atoms with E-state index >= 15 is 0 Å². The second-order valence-corrected chi connectivity index (χ2v) is 5.47. The molecule has 2 rings (SSSR count). The highest BCUT2D eigenvalue weighted by Crippen LogP contribution is 2.15. The molecule has 2 N–H and O–H groups in total. The number of H-pyrrole nitrogens is 1. The SMILES string of the molecule is CCCN(Cc1nc2cc(Cl)ccc2c(=O)[nH]1)C(=S)NC. The summed E-state index contributed by atoms with van der Waals surface area (Å²) in [7, 11) is 1.78. The standard InChI is InChI=1S/C14H17ClN4OS/c1-3-6-19(14(21)16-2)8-12-17-11-7-9(15)4-5-10(11)13(20)18-12/h4-5,7H,3,6,8H2,1-2H3,(H,16,21)(H,17,18,20). The number of fused-ring (bicyclic) bond motifs is 1. The summed E-state index contributed by atoms with van der Waals surface area (Å²) >= 11 is 11.2. The molecule has 21 heavy (non-hydrogen) atoms. The van der Waals surface area contributed by atoms with Crippen molar-refractivity contribution in [2.75, 3.05) is 13.6 Å². The maximum absolute atomic E-state index is 12.1. The minimum absolute atomic E-state index is 0.168. The van der Waals surface area contributed by atoms with E-state index in [1.807, 2.05) is 4.90 Å². The van der Waals surface area contributed by atoms with Gasteiger partial charge in [-0.15, -0.1) is 0 Å². The Morgan fingerprint density at radius 3 is 2.95 bits per heavy atom. The van der Waals surface area contributed by atoms with Crippen molar-refractivity contribution in [2.24, 2.45) is 0 Å². The van der Waals surface area contributed by atoms with Gasteiger partial charge in [-0.1, -0.05) is 18.5 Å². The summed E-state index contributed by atoms with van der Waals surface area (Å²) in [6, 6.07) is 5.05. The molecule has 0 unspecified atom stereocenters. The van der Waals surface area contributed by atoms with Crippen LogP contribution < -0.4 is 10.9 Å². The number of aromatic nitrogens is 2. The van der Waals surface area contributed by atoms with Crippen LogP contribution in [0.5, 0.6) is 0 Å². The van der Waals surface area contributed by atoms with Crippen LogP contribution in [0.4, 0.5) is 0 Å². The number of rotatable bonds is 4. The number of benzene rings is 1. The van der Waals surface area contributed by atoms with Crippen molar-refractivity contribution in [1.29, 1.82) is 0 Å². The third kappa shape index (κ3) is 3.71. The van der Waals surface area contributed by atoms with E-state index in [1.165, 1.54) is 0 Å². The van der Waals surface area contributed by atoms with Crippen molar-refractivity contribution in [3.8, 4) is 0 Å². The van der Waals surface area contributed by atoms with Crippen molar-refractivity contribution in [1.82, 2.24) is 20.2 Å². The van der Waals surface area contributed by atoms with E-state index in [4.69, 9.17) is 23.8 Å². The Bertz CT molecular complexity index is 716. The van der Waals surface area contributed by atoms with Gasteiger partial charge in [0.2, 0.25) is 0 Å². The Hall–Kier alpha value is -1.66. The Kier molecular flexibility index (Phi) is 5.14. The van der Waals surface area contributed by atoms with E-state index in [2.05, 4.69) is 22.2 Å². The van der Waals surface area contributed by atoms with Crippen molar-refractivity contribution >= 4 is 39.8 Å². The Balaban J connectivity index is 2.37. The van der Waals surface area contributed by atoms with E-state index < -0.39 is 0 Å². The van der Waals surface area contributed by atoms with Gasteiger partial charge in [0.25, 0.3) is 5.56 Å². The van der Waals surface area contributed by atoms with E-state index in [1.54, 1.807) is 25.2 Å². The number of nitrogens with zero attached hydrogens (tertiary/aromatic N) is 2. The van der Waals surface area contributed by atoms with Gasteiger partial charge in [0.05, 0.1) is 17.4 Å². The smallest absolute Gasteiger partial charge is 0.258 e. The molecule has 0 spiro atoms. The van der Waals surface area contributed by atoms with Crippen LogP contribution in [-0.2, 0) is 6.54 Å². The largest absolute Gasteiger partial charge is 0.366 e. The van der Waals surface area contributed by atoms with Crippen LogP contribution in [0.3, 0.4) is 0 Å². The average Bonchev–Trinajstić information content (AvgIpc) is 2.45. The first-order valence-electron chi connectivity index (χ1n) is 6.70. The minimum Gasteiger partial charge on any atom is -0.366 e. The molecule has 1 aromatic heterocycles. The first-order chi connectivity index (χ1) is 10.0. The highest BCUT2D eigenvalue weighted by molar-refractivity contribution is 7.80.